The second-order valence-electron chi connectivity index (χ2n) is 5.03. The fraction of sp³-hybridized carbons (Fsp3) is 0.250. The van der Waals surface area contributed by atoms with Gasteiger partial charge in [-0.1, -0.05) is 29.8 Å². The Labute approximate surface area is 127 Å². The molecule has 0 bridgehead atoms. The molecule has 1 aliphatic rings. The van der Waals surface area contributed by atoms with E-state index in [2.05, 4.69) is 0 Å². The molecule has 0 aromatic heterocycles. The largest absolute Gasteiger partial charge is 0.490 e. The van der Waals surface area contributed by atoms with Crippen LogP contribution in [0.5, 0.6) is 5.75 Å². The number of halogens is 3. The van der Waals surface area contributed by atoms with E-state index in [1.807, 2.05) is 25.1 Å². The molecule has 20 heavy (non-hydrogen) atoms. The van der Waals surface area contributed by atoms with Crippen LogP contribution < -0.4 is 4.74 Å². The van der Waals surface area contributed by atoms with E-state index in [9.17, 15) is 4.39 Å². The fourth-order valence-corrected chi connectivity index (χ4v) is 2.96. The molecule has 0 N–H and O–H groups in total. The number of fused-ring (bicyclic) bond motifs is 1. The molecule has 2 aromatic rings. The molecular weight excluding hydrogens is 298 g/mol. The fourth-order valence-electron chi connectivity index (χ4n) is 2.49. The van der Waals surface area contributed by atoms with Crippen molar-refractivity contribution < 1.29 is 9.13 Å². The van der Waals surface area contributed by atoms with E-state index in [1.54, 1.807) is 12.1 Å². The summed E-state index contributed by atoms with van der Waals surface area (Å²) in [4.78, 5) is 0. The Hall–Kier alpha value is -1.25. The molecule has 2 aromatic carbocycles. The lowest BCUT2D eigenvalue weighted by Crippen LogP contribution is -2.05. The molecule has 0 radical (unpaired) electrons. The summed E-state index contributed by atoms with van der Waals surface area (Å²) in [5.41, 5.74) is 2.42. The molecule has 0 amide bonds. The summed E-state index contributed by atoms with van der Waals surface area (Å²) >= 11 is 12.2. The van der Waals surface area contributed by atoms with Crippen LogP contribution >= 0.6 is 23.2 Å². The van der Waals surface area contributed by atoms with Crippen LogP contribution in [0.3, 0.4) is 0 Å². The van der Waals surface area contributed by atoms with Gasteiger partial charge in [-0.05, 0) is 36.2 Å². The third kappa shape index (κ3) is 2.50. The third-order valence-corrected chi connectivity index (χ3v) is 4.17. The highest BCUT2D eigenvalue weighted by Crippen LogP contribution is 2.36. The molecule has 1 nitrogen and oxygen atoms in total. The summed E-state index contributed by atoms with van der Waals surface area (Å²) in [5.74, 6) is 0.504. The molecule has 3 rings (SSSR count). The third-order valence-electron chi connectivity index (χ3n) is 3.45. The van der Waals surface area contributed by atoms with Crippen LogP contribution in [-0.2, 0) is 6.42 Å². The maximum atomic E-state index is 13.9. The van der Waals surface area contributed by atoms with Gasteiger partial charge in [0.05, 0.1) is 5.38 Å². The highest BCUT2D eigenvalue weighted by molar-refractivity contribution is 6.30. The Morgan fingerprint density at radius 2 is 2.05 bits per heavy atom. The summed E-state index contributed by atoms with van der Waals surface area (Å²) in [6.07, 6.45) is 1.04. The van der Waals surface area contributed by atoms with E-state index in [1.165, 1.54) is 6.07 Å². The predicted octanol–water partition coefficient (Wildman–Crippen LogP) is 5.13. The minimum absolute atomic E-state index is 0.182. The van der Waals surface area contributed by atoms with Gasteiger partial charge in [0.1, 0.15) is 17.7 Å². The quantitative estimate of drug-likeness (QED) is 0.699. The molecular formula is C16H13Cl2FO. The number of hydrogen-bond acceptors (Lipinski definition) is 1. The van der Waals surface area contributed by atoms with Gasteiger partial charge in [-0.25, -0.2) is 4.39 Å². The lowest BCUT2D eigenvalue weighted by Gasteiger charge is -2.12. The first kappa shape index (κ1) is 13.7. The van der Waals surface area contributed by atoms with E-state index < -0.39 is 5.38 Å². The first-order chi connectivity index (χ1) is 9.54. The summed E-state index contributed by atoms with van der Waals surface area (Å²) < 4.78 is 19.6. The summed E-state index contributed by atoms with van der Waals surface area (Å²) in [5, 5.41) is -0.167. The van der Waals surface area contributed by atoms with Gasteiger partial charge in [-0.3, -0.25) is 0 Å². The summed E-state index contributed by atoms with van der Waals surface area (Å²) in [6.45, 7) is 2.02. The molecule has 4 heteroatoms. The van der Waals surface area contributed by atoms with Gasteiger partial charge in [-0.2, -0.15) is 0 Å². The van der Waals surface area contributed by atoms with Gasteiger partial charge in [-0.15, -0.1) is 11.6 Å². The monoisotopic (exact) mass is 310 g/mol. The smallest absolute Gasteiger partial charge is 0.129 e. The topological polar surface area (TPSA) is 9.23 Å². The van der Waals surface area contributed by atoms with Crippen molar-refractivity contribution in [1.29, 1.82) is 0 Å². The Bertz CT molecular complexity index is 657. The van der Waals surface area contributed by atoms with Crippen LogP contribution in [0.1, 0.15) is 29.0 Å². The lowest BCUT2D eigenvalue weighted by molar-refractivity contribution is 0.254. The van der Waals surface area contributed by atoms with Crippen LogP contribution in [0.15, 0.2) is 36.4 Å². The highest BCUT2D eigenvalue weighted by atomic mass is 35.5. The first-order valence-corrected chi connectivity index (χ1v) is 7.24. The van der Waals surface area contributed by atoms with Crippen LogP contribution in [0.4, 0.5) is 4.39 Å². The van der Waals surface area contributed by atoms with Crippen molar-refractivity contribution in [3.8, 4) is 5.75 Å². The van der Waals surface area contributed by atoms with E-state index in [-0.39, 0.29) is 11.9 Å². The van der Waals surface area contributed by atoms with Gasteiger partial charge in [0.15, 0.2) is 0 Å². The molecule has 0 saturated carbocycles. The van der Waals surface area contributed by atoms with Gasteiger partial charge in [0.25, 0.3) is 0 Å². The Balaban J connectivity index is 1.95. The summed E-state index contributed by atoms with van der Waals surface area (Å²) in [6, 6.07) is 10.3. The number of ether oxygens (including phenoxy) is 1. The van der Waals surface area contributed by atoms with Crippen molar-refractivity contribution in [2.75, 3.05) is 0 Å². The lowest BCUT2D eigenvalue weighted by atomic mass is 10.0. The molecule has 104 valence electrons. The number of hydrogen-bond donors (Lipinski definition) is 0. The zero-order chi connectivity index (χ0) is 14.3. The minimum Gasteiger partial charge on any atom is -0.490 e. The van der Waals surface area contributed by atoms with E-state index in [0.717, 1.165) is 23.3 Å². The van der Waals surface area contributed by atoms with Crippen LogP contribution in [0.2, 0.25) is 5.02 Å². The molecule has 0 spiro atoms. The SMILES string of the molecule is CC1Cc2cc(C(Cl)c3ccc(Cl)cc3F)ccc2O1. The minimum atomic E-state index is -0.534. The zero-order valence-corrected chi connectivity index (χ0v) is 12.4. The average molecular weight is 311 g/mol. The van der Waals surface area contributed by atoms with Crippen LogP contribution in [-0.4, -0.2) is 6.10 Å². The van der Waals surface area contributed by atoms with E-state index >= 15 is 0 Å². The average Bonchev–Trinajstić information content (AvgIpc) is 2.77. The van der Waals surface area contributed by atoms with Crippen molar-refractivity contribution in [3.05, 3.63) is 63.9 Å². The summed E-state index contributed by atoms with van der Waals surface area (Å²) in [7, 11) is 0. The Morgan fingerprint density at radius 3 is 2.80 bits per heavy atom. The number of alkyl halides is 1. The predicted molar refractivity (Wildman–Crippen MR) is 79.3 cm³/mol. The Kier molecular flexibility index (Phi) is 3.61. The second-order valence-corrected chi connectivity index (χ2v) is 5.90. The van der Waals surface area contributed by atoms with Crippen molar-refractivity contribution in [2.24, 2.45) is 0 Å². The van der Waals surface area contributed by atoms with E-state index in [4.69, 9.17) is 27.9 Å². The molecule has 1 aliphatic heterocycles. The van der Waals surface area contributed by atoms with Gasteiger partial charge >= 0.3 is 0 Å². The van der Waals surface area contributed by atoms with Crippen molar-refractivity contribution in [1.82, 2.24) is 0 Å². The number of rotatable bonds is 2. The van der Waals surface area contributed by atoms with Crippen molar-refractivity contribution >= 4 is 23.2 Å². The van der Waals surface area contributed by atoms with E-state index in [0.29, 0.717) is 10.6 Å². The Morgan fingerprint density at radius 1 is 1.25 bits per heavy atom. The molecule has 0 aliphatic carbocycles. The molecule has 2 atom stereocenters. The molecule has 1 heterocycles. The maximum Gasteiger partial charge on any atom is 0.129 e. The highest BCUT2D eigenvalue weighted by Gasteiger charge is 2.22. The van der Waals surface area contributed by atoms with Gasteiger partial charge in [0.2, 0.25) is 0 Å². The molecule has 2 unspecified atom stereocenters. The number of benzene rings is 2. The second kappa shape index (κ2) is 5.27. The van der Waals surface area contributed by atoms with Crippen LogP contribution in [0.25, 0.3) is 0 Å². The molecule has 0 fully saturated rings. The van der Waals surface area contributed by atoms with Gasteiger partial charge < -0.3 is 4.74 Å². The standard InChI is InChI=1S/C16H13Cl2FO/c1-9-6-11-7-10(2-5-15(11)20-9)16(18)13-4-3-12(17)8-14(13)19/h2-5,7-9,16H,6H2,1H3. The zero-order valence-electron chi connectivity index (χ0n) is 10.9. The maximum absolute atomic E-state index is 13.9. The first-order valence-electron chi connectivity index (χ1n) is 6.43. The van der Waals surface area contributed by atoms with Crippen LogP contribution in [0, 0.1) is 5.82 Å². The molecule has 0 saturated heterocycles. The van der Waals surface area contributed by atoms with Gasteiger partial charge in [0, 0.05) is 17.0 Å². The van der Waals surface area contributed by atoms with Crippen molar-refractivity contribution in [3.63, 3.8) is 0 Å². The normalized spacial score (nSPS) is 18.5. The van der Waals surface area contributed by atoms with Crippen molar-refractivity contribution in [2.45, 2.75) is 24.8 Å².